The minimum absolute atomic E-state index is 0.243. The Bertz CT molecular complexity index is 908. The molecule has 0 aliphatic carbocycles. The molecule has 2 rings (SSSR count). The van der Waals surface area contributed by atoms with Gasteiger partial charge in [0.15, 0.2) is 24.2 Å². The van der Waals surface area contributed by atoms with E-state index in [9.17, 15) is 14.4 Å². The van der Waals surface area contributed by atoms with Gasteiger partial charge in [-0.15, -0.1) is 0 Å². The number of anilines is 1. The number of aryl methyl sites for hydroxylation is 2. The number of para-hydroxylation sites is 3. The molecule has 1 atom stereocenters. The van der Waals surface area contributed by atoms with Crippen molar-refractivity contribution in [3.05, 3.63) is 53.6 Å². The fourth-order valence-electron chi connectivity index (χ4n) is 2.77. The Labute approximate surface area is 181 Å². The maximum absolute atomic E-state index is 12.2. The molecule has 2 N–H and O–H groups in total. The summed E-state index contributed by atoms with van der Waals surface area (Å²) < 4.78 is 15.9. The highest BCUT2D eigenvalue weighted by molar-refractivity contribution is 5.96. The Balaban J connectivity index is 1.77. The van der Waals surface area contributed by atoms with Crippen LogP contribution in [0.2, 0.25) is 0 Å². The molecule has 8 heteroatoms. The van der Waals surface area contributed by atoms with Gasteiger partial charge in [0.25, 0.3) is 5.91 Å². The van der Waals surface area contributed by atoms with E-state index in [1.54, 1.807) is 24.3 Å². The Kier molecular flexibility index (Phi) is 8.87. The molecule has 0 aromatic heterocycles. The first-order chi connectivity index (χ1) is 14.8. The first-order valence-electron chi connectivity index (χ1n) is 9.99. The van der Waals surface area contributed by atoms with Crippen molar-refractivity contribution >= 4 is 23.5 Å². The highest BCUT2D eigenvalue weighted by atomic mass is 16.6. The third-order valence-corrected chi connectivity index (χ3v) is 4.34. The molecule has 166 valence electrons. The number of ether oxygens (including phenoxy) is 3. The molecule has 8 nitrogen and oxygen atoms in total. The van der Waals surface area contributed by atoms with Crippen molar-refractivity contribution in [1.82, 2.24) is 5.32 Å². The lowest BCUT2D eigenvalue weighted by molar-refractivity contribution is -0.156. The quantitative estimate of drug-likeness (QED) is 0.564. The van der Waals surface area contributed by atoms with Crippen molar-refractivity contribution in [3.63, 3.8) is 0 Å². The van der Waals surface area contributed by atoms with Crippen LogP contribution in [-0.4, -0.2) is 43.6 Å². The number of amides is 2. The summed E-state index contributed by atoms with van der Waals surface area (Å²) in [6.07, 6.45) is -1.08. The monoisotopic (exact) mass is 428 g/mol. The van der Waals surface area contributed by atoms with E-state index in [1.165, 1.54) is 6.92 Å². The van der Waals surface area contributed by atoms with Gasteiger partial charge in [-0.1, -0.05) is 30.3 Å². The molecule has 0 heterocycles. The van der Waals surface area contributed by atoms with Crippen molar-refractivity contribution in [2.75, 3.05) is 25.1 Å². The Morgan fingerprint density at radius 2 is 1.55 bits per heavy atom. The maximum atomic E-state index is 12.2. The Hall–Kier alpha value is -3.55. The Morgan fingerprint density at radius 3 is 2.16 bits per heavy atom. The lowest BCUT2D eigenvalue weighted by atomic mass is 10.1. The fraction of sp³-hybridized carbons (Fsp3) is 0.348. The molecule has 0 saturated carbocycles. The third-order valence-electron chi connectivity index (χ3n) is 4.34. The molecule has 0 fully saturated rings. The number of nitrogens with one attached hydrogen (secondary N) is 2. The van der Waals surface area contributed by atoms with Crippen LogP contribution in [0.4, 0.5) is 5.69 Å². The molecule has 0 bridgehead atoms. The number of benzene rings is 2. The molecule has 2 amide bonds. The predicted molar refractivity (Wildman–Crippen MR) is 116 cm³/mol. The molecular weight excluding hydrogens is 400 g/mol. The minimum atomic E-state index is -1.08. The van der Waals surface area contributed by atoms with Crippen LogP contribution in [-0.2, 0) is 19.1 Å². The summed E-state index contributed by atoms with van der Waals surface area (Å²) in [6.45, 7) is 6.87. The molecule has 0 radical (unpaired) electrons. The van der Waals surface area contributed by atoms with E-state index in [0.717, 1.165) is 11.1 Å². The van der Waals surface area contributed by atoms with E-state index in [-0.39, 0.29) is 19.1 Å². The molecular formula is C23H28N2O6. The van der Waals surface area contributed by atoms with Crippen LogP contribution in [0.5, 0.6) is 11.5 Å². The standard InChI is InChI=1S/C23H28N2O6/c1-5-29-18-11-6-7-12-19(18)30-14-21(27)31-17(4)23(28)24-13-20(26)25-22-15(2)9-8-10-16(22)3/h6-12,17H,5,13-14H2,1-4H3,(H,24,28)(H,25,26). The summed E-state index contributed by atoms with van der Waals surface area (Å²) in [5, 5.41) is 5.23. The molecule has 0 aliphatic rings. The normalized spacial score (nSPS) is 11.2. The van der Waals surface area contributed by atoms with Crippen molar-refractivity contribution in [1.29, 1.82) is 0 Å². The number of carbonyl (C=O) groups is 3. The van der Waals surface area contributed by atoms with Crippen molar-refractivity contribution < 1.29 is 28.6 Å². The van der Waals surface area contributed by atoms with Crippen molar-refractivity contribution in [2.45, 2.75) is 33.8 Å². The fourth-order valence-corrected chi connectivity index (χ4v) is 2.77. The Morgan fingerprint density at radius 1 is 0.935 bits per heavy atom. The van der Waals surface area contributed by atoms with Gasteiger partial charge in [-0.05, 0) is 51.0 Å². The smallest absolute Gasteiger partial charge is 0.344 e. The molecule has 31 heavy (non-hydrogen) atoms. The van der Waals surface area contributed by atoms with Crippen LogP contribution in [0.1, 0.15) is 25.0 Å². The lowest BCUT2D eigenvalue weighted by Gasteiger charge is -2.15. The average Bonchev–Trinajstić information content (AvgIpc) is 2.74. The van der Waals surface area contributed by atoms with Gasteiger partial charge in [-0.2, -0.15) is 0 Å². The molecule has 1 unspecified atom stereocenters. The van der Waals surface area contributed by atoms with E-state index in [2.05, 4.69) is 10.6 Å². The first kappa shape index (κ1) is 23.7. The molecule has 2 aromatic rings. The third kappa shape index (κ3) is 7.33. The van der Waals surface area contributed by atoms with Crippen LogP contribution in [0.3, 0.4) is 0 Å². The van der Waals surface area contributed by atoms with Gasteiger partial charge in [-0.3, -0.25) is 9.59 Å². The van der Waals surface area contributed by atoms with Gasteiger partial charge in [0.1, 0.15) is 0 Å². The van der Waals surface area contributed by atoms with Crippen molar-refractivity contribution in [3.8, 4) is 11.5 Å². The molecule has 0 spiro atoms. The summed E-state index contributed by atoms with van der Waals surface area (Å²) >= 11 is 0. The van der Waals surface area contributed by atoms with E-state index >= 15 is 0 Å². The number of rotatable bonds is 10. The van der Waals surface area contributed by atoms with Gasteiger partial charge in [0, 0.05) is 5.69 Å². The van der Waals surface area contributed by atoms with E-state index in [1.807, 2.05) is 39.0 Å². The zero-order valence-corrected chi connectivity index (χ0v) is 18.2. The van der Waals surface area contributed by atoms with Gasteiger partial charge in [0.05, 0.1) is 13.2 Å². The second kappa shape index (κ2) is 11.6. The van der Waals surface area contributed by atoms with E-state index in [0.29, 0.717) is 23.8 Å². The molecule has 0 saturated heterocycles. The van der Waals surface area contributed by atoms with E-state index in [4.69, 9.17) is 14.2 Å². The summed E-state index contributed by atoms with van der Waals surface area (Å²) in [6, 6.07) is 12.6. The van der Waals surface area contributed by atoms with Gasteiger partial charge in [-0.25, -0.2) is 4.79 Å². The van der Waals surface area contributed by atoms with Crippen LogP contribution >= 0.6 is 0 Å². The van der Waals surface area contributed by atoms with Crippen LogP contribution in [0, 0.1) is 13.8 Å². The van der Waals surface area contributed by atoms with Crippen molar-refractivity contribution in [2.24, 2.45) is 0 Å². The van der Waals surface area contributed by atoms with Crippen LogP contribution < -0.4 is 20.1 Å². The SMILES string of the molecule is CCOc1ccccc1OCC(=O)OC(C)C(=O)NCC(=O)Nc1c(C)cccc1C. The maximum Gasteiger partial charge on any atom is 0.344 e. The number of hydrogen-bond acceptors (Lipinski definition) is 6. The predicted octanol–water partition coefficient (Wildman–Crippen LogP) is 2.77. The zero-order chi connectivity index (χ0) is 22.8. The summed E-state index contributed by atoms with van der Waals surface area (Å²) in [4.78, 5) is 36.3. The van der Waals surface area contributed by atoms with Crippen LogP contribution in [0.15, 0.2) is 42.5 Å². The van der Waals surface area contributed by atoms with Gasteiger partial charge >= 0.3 is 5.97 Å². The van der Waals surface area contributed by atoms with Crippen LogP contribution in [0.25, 0.3) is 0 Å². The lowest BCUT2D eigenvalue weighted by Crippen LogP contribution is -2.40. The summed E-state index contributed by atoms with van der Waals surface area (Å²) in [5.74, 6) is -0.756. The largest absolute Gasteiger partial charge is 0.490 e. The topological polar surface area (TPSA) is 103 Å². The molecule has 0 aliphatic heterocycles. The summed E-state index contributed by atoms with van der Waals surface area (Å²) in [5.41, 5.74) is 2.56. The second-order valence-electron chi connectivity index (χ2n) is 6.83. The zero-order valence-electron chi connectivity index (χ0n) is 18.2. The highest BCUT2D eigenvalue weighted by Crippen LogP contribution is 2.26. The van der Waals surface area contributed by atoms with Gasteiger partial charge in [0.2, 0.25) is 5.91 Å². The highest BCUT2D eigenvalue weighted by Gasteiger charge is 2.19. The van der Waals surface area contributed by atoms with E-state index < -0.39 is 18.0 Å². The first-order valence-corrected chi connectivity index (χ1v) is 9.99. The number of carbonyl (C=O) groups excluding carboxylic acids is 3. The number of hydrogen-bond donors (Lipinski definition) is 2. The number of esters is 1. The summed E-state index contributed by atoms with van der Waals surface area (Å²) in [7, 11) is 0. The molecule has 2 aromatic carbocycles. The van der Waals surface area contributed by atoms with Gasteiger partial charge < -0.3 is 24.8 Å². The average molecular weight is 428 g/mol. The second-order valence-corrected chi connectivity index (χ2v) is 6.83. The minimum Gasteiger partial charge on any atom is -0.490 e.